The number of halogens is 1. The van der Waals surface area contributed by atoms with E-state index in [2.05, 4.69) is 72.7 Å². The molecule has 4 heteroatoms. The second-order valence-electron chi connectivity index (χ2n) is 9.31. The van der Waals surface area contributed by atoms with Crippen molar-refractivity contribution in [1.29, 1.82) is 0 Å². The number of hydrogen-bond acceptors (Lipinski definition) is 2. The van der Waals surface area contributed by atoms with Crippen LogP contribution in [0.25, 0.3) is 22.2 Å². The maximum absolute atomic E-state index is 14.0. The molecule has 0 fully saturated rings. The van der Waals surface area contributed by atoms with E-state index in [9.17, 15) is 4.39 Å². The van der Waals surface area contributed by atoms with Crippen LogP contribution in [0.4, 0.5) is 4.39 Å². The predicted octanol–water partition coefficient (Wildman–Crippen LogP) is 7.83. The first-order chi connectivity index (χ1) is 16.6. The molecule has 0 saturated heterocycles. The van der Waals surface area contributed by atoms with E-state index in [0.717, 1.165) is 56.7 Å². The van der Waals surface area contributed by atoms with Gasteiger partial charge in [-0.1, -0.05) is 75.2 Å². The topological polar surface area (TPSA) is 21.1 Å². The molecule has 3 aromatic carbocycles. The zero-order valence-corrected chi connectivity index (χ0v) is 20.7. The Morgan fingerprint density at radius 3 is 2.50 bits per heavy atom. The summed E-state index contributed by atoms with van der Waals surface area (Å²) in [6, 6.07) is 22.6. The van der Waals surface area contributed by atoms with E-state index in [1.807, 2.05) is 12.3 Å². The number of aromatic nitrogens is 2. The van der Waals surface area contributed by atoms with Gasteiger partial charge in [0.25, 0.3) is 0 Å². The van der Waals surface area contributed by atoms with Crippen molar-refractivity contribution in [2.75, 3.05) is 0 Å². The number of imidazole rings is 1. The van der Waals surface area contributed by atoms with Gasteiger partial charge in [-0.15, -0.1) is 0 Å². The number of hydrogen-bond donors (Lipinski definition) is 0. The number of benzene rings is 3. The van der Waals surface area contributed by atoms with Crippen molar-refractivity contribution in [3.63, 3.8) is 0 Å². The molecule has 0 saturated carbocycles. The highest BCUT2D eigenvalue weighted by atomic mass is 19.1. The van der Waals surface area contributed by atoms with Gasteiger partial charge in [0, 0.05) is 31.2 Å². The molecule has 1 aromatic heterocycles. The molecule has 1 atom stereocenters. The average molecular weight is 458 g/mol. The summed E-state index contributed by atoms with van der Waals surface area (Å²) >= 11 is 0. The van der Waals surface area contributed by atoms with Gasteiger partial charge in [0.15, 0.2) is 0 Å². The van der Waals surface area contributed by atoms with Gasteiger partial charge in [-0.3, -0.25) is 4.90 Å². The fraction of sp³-hybridized carbons (Fsp3) is 0.367. The first kappa shape index (κ1) is 24.2. The maximum Gasteiger partial charge on any atom is 0.140 e. The smallest absolute Gasteiger partial charge is 0.140 e. The van der Waals surface area contributed by atoms with E-state index >= 15 is 0 Å². The van der Waals surface area contributed by atoms with Gasteiger partial charge in [-0.2, -0.15) is 0 Å². The molecule has 1 heterocycles. The zero-order valence-electron chi connectivity index (χ0n) is 20.7. The molecule has 0 spiro atoms. The molecule has 1 unspecified atom stereocenters. The quantitative estimate of drug-likeness (QED) is 0.229. The molecule has 0 aliphatic carbocycles. The van der Waals surface area contributed by atoms with Crippen LogP contribution in [-0.2, 0) is 19.6 Å². The van der Waals surface area contributed by atoms with Gasteiger partial charge in [0.2, 0.25) is 0 Å². The molecule has 178 valence electrons. The second kappa shape index (κ2) is 11.4. The lowest BCUT2D eigenvalue weighted by molar-refractivity contribution is 0.176. The third kappa shape index (κ3) is 5.74. The highest BCUT2D eigenvalue weighted by molar-refractivity contribution is 5.82. The van der Waals surface area contributed by atoms with E-state index in [-0.39, 0.29) is 5.82 Å². The lowest BCUT2D eigenvalue weighted by Crippen LogP contribution is -2.33. The van der Waals surface area contributed by atoms with E-state index in [0.29, 0.717) is 6.04 Å². The number of fused-ring (bicyclic) bond motifs is 1. The maximum atomic E-state index is 14.0. The van der Waals surface area contributed by atoms with Crippen LogP contribution in [0.2, 0.25) is 0 Å². The minimum Gasteiger partial charge on any atom is -0.327 e. The number of unbranched alkanes of at least 4 members (excludes halogenated alkanes) is 1. The van der Waals surface area contributed by atoms with Gasteiger partial charge in [0.05, 0.1) is 11.9 Å². The first-order valence-electron chi connectivity index (χ1n) is 12.6. The largest absolute Gasteiger partial charge is 0.327 e. The summed E-state index contributed by atoms with van der Waals surface area (Å²) in [4.78, 5) is 7.31. The predicted molar refractivity (Wildman–Crippen MR) is 140 cm³/mol. The van der Waals surface area contributed by atoms with Crippen molar-refractivity contribution in [3.05, 3.63) is 90.0 Å². The standard InChI is InChI=1S/C30H36FN3/c1-4-6-17-34-29(20-32-30(34)27-13-9-14-28(31)19-27)22-33(23(3)10-5-2)21-24-15-16-25-11-7-8-12-26(25)18-24/h7-9,11-16,18-20,23H,4-6,10,17,21-22H2,1-3H3. The monoisotopic (exact) mass is 457 g/mol. The lowest BCUT2D eigenvalue weighted by atomic mass is 10.1. The fourth-order valence-electron chi connectivity index (χ4n) is 4.71. The summed E-state index contributed by atoms with van der Waals surface area (Å²) in [6.45, 7) is 9.38. The van der Waals surface area contributed by atoms with Gasteiger partial charge >= 0.3 is 0 Å². The Morgan fingerprint density at radius 1 is 0.912 bits per heavy atom. The van der Waals surface area contributed by atoms with Gasteiger partial charge < -0.3 is 4.57 Å². The molecule has 4 rings (SSSR count). The summed E-state index contributed by atoms with van der Waals surface area (Å²) in [6.07, 6.45) is 6.46. The second-order valence-corrected chi connectivity index (χ2v) is 9.31. The van der Waals surface area contributed by atoms with Gasteiger partial charge in [-0.25, -0.2) is 9.37 Å². The molecule has 0 amide bonds. The Bertz CT molecular complexity index is 1210. The van der Waals surface area contributed by atoms with Crippen LogP contribution in [0.5, 0.6) is 0 Å². The Balaban J connectivity index is 1.64. The molecule has 34 heavy (non-hydrogen) atoms. The van der Waals surface area contributed by atoms with Crippen LogP contribution in [-0.4, -0.2) is 20.5 Å². The molecule has 0 bridgehead atoms. The SMILES string of the molecule is CCCCn1c(CN(Cc2ccc3ccccc3c2)C(C)CCC)cnc1-c1cccc(F)c1. The van der Waals surface area contributed by atoms with Crippen molar-refractivity contribution >= 4 is 10.8 Å². The van der Waals surface area contributed by atoms with Crippen LogP contribution in [0, 0.1) is 5.82 Å². The highest BCUT2D eigenvalue weighted by Gasteiger charge is 2.19. The van der Waals surface area contributed by atoms with E-state index in [4.69, 9.17) is 4.98 Å². The first-order valence-corrected chi connectivity index (χ1v) is 12.6. The Morgan fingerprint density at radius 2 is 1.74 bits per heavy atom. The Hall–Kier alpha value is -2.98. The van der Waals surface area contributed by atoms with E-state index < -0.39 is 0 Å². The molecule has 0 N–H and O–H groups in total. The van der Waals surface area contributed by atoms with Crippen molar-refractivity contribution in [1.82, 2.24) is 14.5 Å². The highest BCUT2D eigenvalue weighted by Crippen LogP contribution is 2.25. The van der Waals surface area contributed by atoms with Crippen LogP contribution in [0.15, 0.2) is 72.9 Å². The Labute approximate surface area is 203 Å². The molecule has 0 aliphatic heterocycles. The summed E-state index contributed by atoms with van der Waals surface area (Å²) in [5.41, 5.74) is 3.35. The number of nitrogens with zero attached hydrogens (tertiary/aromatic N) is 3. The summed E-state index contributed by atoms with van der Waals surface area (Å²) in [5, 5.41) is 2.56. The summed E-state index contributed by atoms with van der Waals surface area (Å²) in [5.74, 6) is 0.635. The van der Waals surface area contributed by atoms with Crippen molar-refractivity contribution in [2.45, 2.75) is 72.1 Å². The Kier molecular flexibility index (Phi) is 8.12. The molecule has 0 radical (unpaired) electrons. The fourth-order valence-corrected chi connectivity index (χ4v) is 4.71. The van der Waals surface area contributed by atoms with Crippen LogP contribution < -0.4 is 0 Å². The molecule has 0 aliphatic rings. The van der Waals surface area contributed by atoms with Crippen LogP contribution in [0.1, 0.15) is 57.7 Å². The lowest BCUT2D eigenvalue weighted by Gasteiger charge is -2.29. The summed E-state index contributed by atoms with van der Waals surface area (Å²) < 4.78 is 16.2. The third-order valence-corrected chi connectivity index (χ3v) is 6.65. The van der Waals surface area contributed by atoms with Crippen molar-refractivity contribution in [3.8, 4) is 11.4 Å². The van der Waals surface area contributed by atoms with Crippen LogP contribution >= 0.6 is 0 Å². The third-order valence-electron chi connectivity index (χ3n) is 6.65. The van der Waals surface area contributed by atoms with Gasteiger partial charge in [0.1, 0.15) is 11.6 Å². The van der Waals surface area contributed by atoms with E-state index in [1.54, 1.807) is 12.1 Å². The minimum atomic E-state index is -0.224. The van der Waals surface area contributed by atoms with Crippen LogP contribution in [0.3, 0.4) is 0 Å². The molecular formula is C30H36FN3. The molecule has 3 nitrogen and oxygen atoms in total. The summed E-state index contributed by atoms with van der Waals surface area (Å²) in [7, 11) is 0. The normalized spacial score (nSPS) is 12.5. The van der Waals surface area contributed by atoms with Crippen molar-refractivity contribution < 1.29 is 4.39 Å². The molecular weight excluding hydrogens is 421 g/mol. The van der Waals surface area contributed by atoms with Crippen molar-refractivity contribution in [2.24, 2.45) is 0 Å². The minimum absolute atomic E-state index is 0.224. The van der Waals surface area contributed by atoms with E-state index in [1.165, 1.54) is 28.1 Å². The average Bonchev–Trinajstić information content (AvgIpc) is 3.24. The zero-order chi connectivity index (χ0) is 23.9. The van der Waals surface area contributed by atoms with Gasteiger partial charge in [-0.05, 0) is 54.3 Å². The number of rotatable bonds is 11. The molecule has 4 aromatic rings.